The van der Waals surface area contributed by atoms with Gasteiger partial charge in [0, 0.05) is 35.5 Å². The lowest BCUT2D eigenvalue weighted by atomic mass is 10.00. The van der Waals surface area contributed by atoms with Crippen LogP contribution in [0.2, 0.25) is 0 Å². The van der Waals surface area contributed by atoms with Crippen molar-refractivity contribution in [3.63, 3.8) is 0 Å². The number of carbonyl (C=O) groups excluding carboxylic acids is 2. The zero-order valence-corrected chi connectivity index (χ0v) is 15.9. The Morgan fingerprint density at radius 2 is 1.90 bits per heavy atom. The van der Waals surface area contributed by atoms with Crippen LogP contribution in [-0.2, 0) is 6.42 Å². The van der Waals surface area contributed by atoms with Crippen LogP contribution < -0.4 is 10.2 Å². The molecule has 0 bridgehead atoms. The first-order chi connectivity index (χ1) is 14.2. The summed E-state index contributed by atoms with van der Waals surface area (Å²) in [4.78, 5) is 27.2. The Morgan fingerprint density at radius 3 is 2.69 bits per heavy atom. The van der Waals surface area contributed by atoms with Crippen LogP contribution >= 0.6 is 0 Å². The first-order valence-electron chi connectivity index (χ1n) is 9.97. The molecular weight excluding hydrogens is 366 g/mol. The van der Waals surface area contributed by atoms with Crippen molar-refractivity contribution in [2.24, 2.45) is 0 Å². The molecule has 6 nitrogen and oxygen atoms in total. The smallest absolute Gasteiger partial charge is 0.277 e. The molecule has 1 fully saturated rings. The third-order valence-electron chi connectivity index (χ3n) is 5.46. The van der Waals surface area contributed by atoms with E-state index in [-0.39, 0.29) is 11.8 Å². The minimum absolute atomic E-state index is 0.00135. The van der Waals surface area contributed by atoms with Crippen molar-refractivity contribution in [1.82, 2.24) is 5.16 Å². The van der Waals surface area contributed by atoms with E-state index in [1.165, 1.54) is 0 Å². The normalized spacial score (nSPS) is 15.7. The molecule has 2 heterocycles. The van der Waals surface area contributed by atoms with E-state index in [0.717, 1.165) is 42.7 Å². The van der Waals surface area contributed by atoms with Crippen molar-refractivity contribution in [3.05, 3.63) is 77.2 Å². The molecule has 0 atom stereocenters. The fourth-order valence-electron chi connectivity index (χ4n) is 3.77. The van der Waals surface area contributed by atoms with Gasteiger partial charge in [0.05, 0.1) is 0 Å². The maximum atomic E-state index is 12.9. The van der Waals surface area contributed by atoms with Gasteiger partial charge < -0.3 is 14.7 Å². The molecule has 2 aliphatic rings. The van der Waals surface area contributed by atoms with Gasteiger partial charge in [-0.25, -0.2) is 0 Å². The van der Waals surface area contributed by atoms with E-state index in [9.17, 15) is 9.59 Å². The minimum atomic E-state index is -0.284. The number of amides is 2. The molecule has 0 radical (unpaired) electrons. The van der Waals surface area contributed by atoms with Gasteiger partial charge in [-0.3, -0.25) is 9.59 Å². The second-order valence-electron chi connectivity index (χ2n) is 7.61. The summed E-state index contributed by atoms with van der Waals surface area (Å²) in [5, 5.41) is 6.78. The lowest BCUT2D eigenvalue weighted by molar-refractivity contribution is 0.0982. The summed E-state index contributed by atoms with van der Waals surface area (Å²) in [6.07, 6.45) is 3.95. The molecule has 1 aromatic heterocycles. The van der Waals surface area contributed by atoms with Crippen LogP contribution in [0, 0.1) is 0 Å². The van der Waals surface area contributed by atoms with Crippen molar-refractivity contribution in [2.75, 3.05) is 16.8 Å². The van der Waals surface area contributed by atoms with Crippen molar-refractivity contribution in [1.29, 1.82) is 0 Å². The zero-order valence-electron chi connectivity index (χ0n) is 15.9. The second kappa shape index (κ2) is 7.20. The molecule has 1 saturated carbocycles. The van der Waals surface area contributed by atoms with Crippen LogP contribution in [-0.4, -0.2) is 23.5 Å². The van der Waals surface area contributed by atoms with Crippen LogP contribution in [0.25, 0.3) is 0 Å². The number of nitrogens with zero attached hydrogens (tertiary/aromatic N) is 2. The van der Waals surface area contributed by atoms with Gasteiger partial charge in [0.2, 0.25) is 0 Å². The van der Waals surface area contributed by atoms with Gasteiger partial charge in [-0.2, -0.15) is 0 Å². The Labute approximate surface area is 168 Å². The molecule has 1 aliphatic heterocycles. The molecule has 6 heteroatoms. The van der Waals surface area contributed by atoms with Gasteiger partial charge in [-0.05, 0) is 61.6 Å². The fraction of sp³-hybridized carbons (Fsp3) is 0.261. The van der Waals surface area contributed by atoms with Crippen molar-refractivity contribution in [2.45, 2.75) is 31.6 Å². The number of hydrogen-bond acceptors (Lipinski definition) is 4. The Hall–Kier alpha value is -3.41. The molecule has 146 valence electrons. The highest BCUT2D eigenvalue weighted by Gasteiger charge is 2.29. The van der Waals surface area contributed by atoms with E-state index in [2.05, 4.69) is 10.5 Å². The summed E-state index contributed by atoms with van der Waals surface area (Å²) in [5.74, 6) is 0.920. The largest absolute Gasteiger partial charge is 0.360 e. The number of fused-ring (bicyclic) bond motifs is 1. The van der Waals surface area contributed by atoms with E-state index >= 15 is 0 Å². The number of nitrogens with one attached hydrogen (secondary N) is 1. The van der Waals surface area contributed by atoms with E-state index in [1.807, 2.05) is 53.4 Å². The predicted molar refractivity (Wildman–Crippen MR) is 109 cm³/mol. The van der Waals surface area contributed by atoms with Gasteiger partial charge in [-0.1, -0.05) is 23.4 Å². The summed E-state index contributed by atoms with van der Waals surface area (Å²) < 4.78 is 5.27. The monoisotopic (exact) mass is 387 g/mol. The number of aryl methyl sites for hydroxylation is 1. The van der Waals surface area contributed by atoms with E-state index < -0.39 is 0 Å². The highest BCUT2D eigenvalue weighted by atomic mass is 16.5. The predicted octanol–water partition coefficient (Wildman–Crippen LogP) is 4.40. The number of hydrogen-bond donors (Lipinski definition) is 1. The third-order valence-corrected chi connectivity index (χ3v) is 5.46. The van der Waals surface area contributed by atoms with Gasteiger partial charge in [-0.15, -0.1) is 0 Å². The molecule has 1 aliphatic carbocycles. The second-order valence-corrected chi connectivity index (χ2v) is 7.61. The molecule has 2 amide bonds. The summed E-state index contributed by atoms with van der Waals surface area (Å²) in [7, 11) is 0. The number of anilines is 2. The van der Waals surface area contributed by atoms with E-state index in [4.69, 9.17) is 4.52 Å². The zero-order chi connectivity index (χ0) is 19.8. The van der Waals surface area contributed by atoms with Gasteiger partial charge in [0.1, 0.15) is 5.76 Å². The van der Waals surface area contributed by atoms with Gasteiger partial charge in [0.25, 0.3) is 11.8 Å². The van der Waals surface area contributed by atoms with Crippen LogP contribution in [0.3, 0.4) is 0 Å². The van der Waals surface area contributed by atoms with Crippen molar-refractivity contribution in [3.8, 4) is 0 Å². The summed E-state index contributed by atoms with van der Waals surface area (Å²) in [6, 6.07) is 16.7. The SMILES string of the molecule is O=C(Nc1ccc2c(c1)CCCN2C(=O)c1ccccc1)c1cc(C2CC2)on1. The minimum Gasteiger partial charge on any atom is -0.360 e. The van der Waals surface area contributed by atoms with E-state index in [1.54, 1.807) is 6.07 Å². The van der Waals surface area contributed by atoms with Gasteiger partial charge in [0.15, 0.2) is 5.69 Å². The molecule has 1 N–H and O–H groups in total. The average Bonchev–Trinajstić information content (AvgIpc) is 3.49. The highest BCUT2D eigenvalue weighted by molar-refractivity contribution is 6.07. The summed E-state index contributed by atoms with van der Waals surface area (Å²) >= 11 is 0. The number of aromatic nitrogens is 1. The molecule has 0 spiro atoms. The molecule has 0 saturated heterocycles. The summed E-state index contributed by atoms with van der Waals surface area (Å²) in [6.45, 7) is 0.690. The summed E-state index contributed by atoms with van der Waals surface area (Å²) in [5.41, 5.74) is 3.62. The molecule has 5 rings (SSSR count). The van der Waals surface area contributed by atoms with Crippen LogP contribution in [0.5, 0.6) is 0 Å². The van der Waals surface area contributed by atoms with Crippen molar-refractivity contribution >= 4 is 23.2 Å². The lowest BCUT2D eigenvalue weighted by Crippen LogP contribution is -2.35. The first-order valence-corrected chi connectivity index (χ1v) is 9.97. The van der Waals surface area contributed by atoms with Crippen LogP contribution in [0.4, 0.5) is 11.4 Å². The number of carbonyl (C=O) groups is 2. The maximum absolute atomic E-state index is 12.9. The standard InChI is InChI=1S/C23H21N3O3/c27-22(19-14-21(29-25-19)15-8-9-15)24-18-10-11-20-17(13-18)7-4-12-26(20)23(28)16-5-2-1-3-6-16/h1-3,5-6,10-11,13-15H,4,7-9,12H2,(H,24,27). The molecule has 29 heavy (non-hydrogen) atoms. The maximum Gasteiger partial charge on any atom is 0.277 e. The Morgan fingerprint density at radius 1 is 1.07 bits per heavy atom. The average molecular weight is 387 g/mol. The number of rotatable bonds is 4. The quantitative estimate of drug-likeness (QED) is 0.720. The third kappa shape index (κ3) is 3.53. The molecular formula is C23H21N3O3. The van der Waals surface area contributed by atoms with Crippen LogP contribution in [0.15, 0.2) is 59.1 Å². The topological polar surface area (TPSA) is 75.4 Å². The molecule has 3 aromatic rings. The molecule has 2 aromatic carbocycles. The van der Waals surface area contributed by atoms with Gasteiger partial charge >= 0.3 is 0 Å². The van der Waals surface area contributed by atoms with E-state index in [0.29, 0.717) is 29.4 Å². The Balaban J connectivity index is 1.34. The highest BCUT2D eigenvalue weighted by Crippen LogP contribution is 2.40. The van der Waals surface area contributed by atoms with Crippen LogP contribution in [0.1, 0.15) is 57.4 Å². The molecule has 0 unspecified atom stereocenters. The first kappa shape index (κ1) is 17.7. The number of benzene rings is 2. The Bertz CT molecular complexity index is 1070. The fourth-order valence-corrected chi connectivity index (χ4v) is 3.77. The Kier molecular flexibility index (Phi) is 4.39. The lowest BCUT2D eigenvalue weighted by Gasteiger charge is -2.30. The van der Waals surface area contributed by atoms with Crippen molar-refractivity contribution < 1.29 is 14.1 Å².